The van der Waals surface area contributed by atoms with E-state index in [0.29, 0.717) is 18.6 Å². The van der Waals surface area contributed by atoms with Crippen molar-refractivity contribution in [3.63, 3.8) is 0 Å². The number of carbonyl (C=O) groups is 1. The van der Waals surface area contributed by atoms with Gasteiger partial charge in [0.05, 0.1) is 17.5 Å². The molecule has 1 N–H and O–H groups in total. The van der Waals surface area contributed by atoms with Gasteiger partial charge in [0.2, 0.25) is 0 Å². The minimum Gasteiger partial charge on any atom is -0.494 e. The van der Waals surface area contributed by atoms with Crippen LogP contribution in [0.2, 0.25) is 0 Å². The van der Waals surface area contributed by atoms with Gasteiger partial charge in [-0.05, 0) is 81.3 Å². The van der Waals surface area contributed by atoms with Crippen LogP contribution in [-0.2, 0) is 0 Å². The Hall–Kier alpha value is -1.30. The monoisotopic (exact) mass is 392 g/mol. The van der Waals surface area contributed by atoms with E-state index in [2.05, 4.69) is 10.2 Å². The molecule has 0 radical (unpaired) electrons. The fourth-order valence-electron chi connectivity index (χ4n) is 4.91. The zero-order valence-electron chi connectivity index (χ0n) is 15.0. The van der Waals surface area contributed by atoms with Crippen LogP contribution in [0.25, 0.3) is 10.1 Å². The molecule has 1 amide bonds. The van der Waals surface area contributed by atoms with E-state index in [-0.39, 0.29) is 23.9 Å². The van der Waals surface area contributed by atoms with Crippen molar-refractivity contribution in [1.29, 1.82) is 0 Å². The molecule has 0 unspecified atom stereocenters. The third kappa shape index (κ3) is 2.81. The van der Waals surface area contributed by atoms with Gasteiger partial charge in [-0.1, -0.05) is 0 Å². The van der Waals surface area contributed by atoms with Crippen LogP contribution < -0.4 is 10.1 Å². The summed E-state index contributed by atoms with van der Waals surface area (Å²) >= 11 is 1.57. The van der Waals surface area contributed by atoms with Crippen molar-refractivity contribution in [3.05, 3.63) is 29.1 Å². The molecule has 1 spiro atoms. The number of hydrogen-bond acceptors (Lipinski definition) is 4. The Bertz CT molecular complexity index is 824. The third-order valence-corrected chi connectivity index (χ3v) is 7.39. The van der Waals surface area contributed by atoms with Gasteiger partial charge in [-0.3, -0.25) is 9.69 Å². The molecule has 1 aromatic carbocycles. The largest absolute Gasteiger partial charge is 0.494 e. The molecule has 140 valence electrons. The standard InChI is InChI=1S/C20H24N2O2S.ClH/c1-2-24-15-4-3-14-11-17(25-16(14)12-15)19(23)21-18-13-5-9-22(10-6-13)20(18)7-8-20;/h3-4,11-13,18H,2,5-10H2,1H3,(H,21,23);1H/t18-;/m1./s1. The lowest BCUT2D eigenvalue weighted by atomic mass is 9.77. The van der Waals surface area contributed by atoms with Crippen molar-refractivity contribution in [1.82, 2.24) is 10.2 Å². The molecular formula is C20H25ClN2O2S. The van der Waals surface area contributed by atoms with E-state index in [1.165, 1.54) is 38.8 Å². The summed E-state index contributed by atoms with van der Waals surface area (Å²) in [7, 11) is 0. The second-order valence-electron chi connectivity index (χ2n) is 7.62. The first-order valence-electron chi connectivity index (χ1n) is 9.42. The average Bonchev–Trinajstić information content (AvgIpc) is 3.29. The molecule has 1 aliphatic carbocycles. The van der Waals surface area contributed by atoms with E-state index < -0.39 is 0 Å². The first-order chi connectivity index (χ1) is 12.2. The molecule has 2 bridgehead atoms. The van der Waals surface area contributed by atoms with Crippen molar-refractivity contribution < 1.29 is 9.53 Å². The van der Waals surface area contributed by atoms with Crippen LogP contribution in [0, 0.1) is 5.92 Å². The summed E-state index contributed by atoms with van der Waals surface area (Å²) in [5.74, 6) is 1.64. The number of piperidine rings is 3. The Kier molecular flexibility index (Phi) is 4.66. The molecule has 4 heterocycles. The maximum Gasteiger partial charge on any atom is 0.261 e. The number of nitrogens with one attached hydrogen (secondary N) is 1. The van der Waals surface area contributed by atoms with Crippen molar-refractivity contribution in [2.24, 2.45) is 5.92 Å². The molecule has 6 heteroatoms. The van der Waals surface area contributed by atoms with Gasteiger partial charge < -0.3 is 10.1 Å². The van der Waals surface area contributed by atoms with Crippen LogP contribution in [0.3, 0.4) is 0 Å². The highest BCUT2D eigenvalue weighted by molar-refractivity contribution is 7.20. The average molecular weight is 393 g/mol. The van der Waals surface area contributed by atoms with Crippen LogP contribution in [0.1, 0.15) is 42.3 Å². The maximum atomic E-state index is 12.9. The predicted octanol–water partition coefficient (Wildman–Crippen LogP) is 4.08. The third-order valence-electron chi connectivity index (χ3n) is 6.29. The van der Waals surface area contributed by atoms with Crippen molar-refractivity contribution in [3.8, 4) is 5.75 Å². The number of benzene rings is 1. The van der Waals surface area contributed by atoms with E-state index in [4.69, 9.17) is 4.74 Å². The number of ether oxygens (including phenoxy) is 1. The number of amides is 1. The number of rotatable bonds is 4. The number of carbonyl (C=O) groups excluding carboxylic acids is 1. The summed E-state index contributed by atoms with van der Waals surface area (Å²) in [6.07, 6.45) is 4.96. The molecule has 1 saturated carbocycles. The number of thiophene rings is 1. The minimum atomic E-state index is 0. The minimum absolute atomic E-state index is 0. The molecule has 3 saturated heterocycles. The fourth-order valence-corrected chi connectivity index (χ4v) is 5.91. The van der Waals surface area contributed by atoms with Crippen LogP contribution in [0.15, 0.2) is 24.3 Å². The SMILES string of the molecule is CCOc1ccc2cc(C(=O)N[C@@H]3C4CCN(CC4)C34CC4)sc2c1.Cl. The van der Waals surface area contributed by atoms with E-state index in [1.54, 1.807) is 11.3 Å². The smallest absolute Gasteiger partial charge is 0.261 e. The number of hydrogen-bond donors (Lipinski definition) is 1. The Balaban J connectivity index is 0.00000168. The Morgan fingerprint density at radius 1 is 1.31 bits per heavy atom. The number of fused-ring (bicyclic) bond motifs is 3. The van der Waals surface area contributed by atoms with Gasteiger partial charge in [0, 0.05) is 10.2 Å². The first kappa shape index (κ1) is 18.1. The van der Waals surface area contributed by atoms with Crippen molar-refractivity contribution in [2.45, 2.75) is 44.2 Å². The molecule has 4 aliphatic rings. The number of halogens is 1. The second-order valence-corrected chi connectivity index (χ2v) is 8.71. The van der Waals surface area contributed by atoms with Crippen LogP contribution in [0.5, 0.6) is 5.75 Å². The quantitative estimate of drug-likeness (QED) is 0.852. The zero-order valence-corrected chi connectivity index (χ0v) is 16.6. The Labute approximate surface area is 164 Å². The summed E-state index contributed by atoms with van der Waals surface area (Å²) in [4.78, 5) is 16.4. The van der Waals surface area contributed by atoms with E-state index >= 15 is 0 Å². The van der Waals surface area contributed by atoms with Gasteiger partial charge >= 0.3 is 0 Å². The molecule has 1 atom stereocenters. The highest BCUT2D eigenvalue weighted by Crippen LogP contribution is 2.53. The number of nitrogens with zero attached hydrogens (tertiary/aromatic N) is 1. The molecule has 3 aliphatic heterocycles. The van der Waals surface area contributed by atoms with Crippen LogP contribution in [-0.4, -0.2) is 42.1 Å². The van der Waals surface area contributed by atoms with Crippen molar-refractivity contribution >= 4 is 39.7 Å². The van der Waals surface area contributed by atoms with Crippen molar-refractivity contribution in [2.75, 3.05) is 19.7 Å². The summed E-state index contributed by atoms with van der Waals surface area (Å²) < 4.78 is 6.69. The van der Waals surface area contributed by atoms with Crippen LogP contribution >= 0.6 is 23.7 Å². The van der Waals surface area contributed by atoms with Gasteiger partial charge in [-0.25, -0.2) is 0 Å². The lowest BCUT2D eigenvalue weighted by molar-refractivity contribution is -0.00138. The topological polar surface area (TPSA) is 41.6 Å². The van der Waals surface area contributed by atoms with Gasteiger partial charge in [-0.15, -0.1) is 23.7 Å². The van der Waals surface area contributed by atoms with Gasteiger partial charge in [0.15, 0.2) is 0 Å². The summed E-state index contributed by atoms with van der Waals surface area (Å²) in [5, 5.41) is 4.54. The van der Waals surface area contributed by atoms with Gasteiger partial charge in [-0.2, -0.15) is 0 Å². The van der Waals surface area contributed by atoms with E-state index in [1.807, 2.05) is 31.2 Å². The molecular weight excluding hydrogens is 368 g/mol. The molecule has 1 aromatic heterocycles. The maximum absolute atomic E-state index is 12.9. The van der Waals surface area contributed by atoms with Gasteiger partial charge in [0.1, 0.15) is 5.75 Å². The predicted molar refractivity (Wildman–Crippen MR) is 108 cm³/mol. The van der Waals surface area contributed by atoms with E-state index in [0.717, 1.165) is 20.7 Å². The normalized spacial score (nSPS) is 28.0. The molecule has 4 nitrogen and oxygen atoms in total. The molecule has 26 heavy (non-hydrogen) atoms. The van der Waals surface area contributed by atoms with E-state index in [9.17, 15) is 4.79 Å². The van der Waals surface area contributed by atoms with Crippen LogP contribution in [0.4, 0.5) is 0 Å². The highest BCUT2D eigenvalue weighted by Gasteiger charge is 2.60. The Morgan fingerprint density at radius 2 is 2.08 bits per heavy atom. The molecule has 2 aromatic rings. The second kappa shape index (κ2) is 6.70. The summed E-state index contributed by atoms with van der Waals surface area (Å²) in [6, 6.07) is 8.42. The zero-order chi connectivity index (χ0) is 17.0. The molecule has 4 fully saturated rings. The lowest BCUT2D eigenvalue weighted by Gasteiger charge is -2.52. The highest BCUT2D eigenvalue weighted by atomic mass is 35.5. The summed E-state index contributed by atoms with van der Waals surface area (Å²) in [6.45, 7) is 5.09. The van der Waals surface area contributed by atoms with Gasteiger partial charge in [0.25, 0.3) is 5.91 Å². The summed E-state index contributed by atoms with van der Waals surface area (Å²) in [5.41, 5.74) is 0.287. The first-order valence-corrected chi connectivity index (χ1v) is 10.2. The lowest BCUT2D eigenvalue weighted by Crippen LogP contribution is -2.65. The Morgan fingerprint density at radius 3 is 2.77 bits per heavy atom. The molecule has 6 rings (SSSR count). The fraction of sp³-hybridized carbons (Fsp3) is 0.550.